The lowest BCUT2D eigenvalue weighted by molar-refractivity contribution is -0.00407. The molecule has 0 spiro atoms. The van der Waals surface area contributed by atoms with Crippen molar-refractivity contribution in [2.24, 2.45) is 0 Å². The van der Waals surface area contributed by atoms with E-state index in [2.05, 4.69) is 25.6 Å². The third kappa shape index (κ3) is 3.64. The van der Waals surface area contributed by atoms with Crippen LogP contribution in [0.15, 0.2) is 53.7 Å². The van der Waals surface area contributed by atoms with Crippen LogP contribution < -0.4 is 10.1 Å². The number of hydrogen-bond acceptors (Lipinski definition) is 7. The van der Waals surface area contributed by atoms with Crippen LogP contribution in [0.3, 0.4) is 0 Å². The molecule has 5 heterocycles. The summed E-state index contributed by atoms with van der Waals surface area (Å²) in [6, 6.07) is 7.24. The van der Waals surface area contributed by atoms with Crippen molar-refractivity contribution in [2.75, 3.05) is 0 Å². The Kier molecular flexibility index (Phi) is 4.92. The Labute approximate surface area is 196 Å². The van der Waals surface area contributed by atoms with E-state index in [4.69, 9.17) is 4.74 Å². The van der Waals surface area contributed by atoms with Crippen molar-refractivity contribution in [3.05, 3.63) is 59.6 Å². The molecule has 0 amide bonds. The van der Waals surface area contributed by atoms with E-state index in [9.17, 15) is 13.2 Å². The summed E-state index contributed by atoms with van der Waals surface area (Å²) in [6.07, 6.45) is 3.17. The smallest absolute Gasteiger partial charge is 0.268 e. The fourth-order valence-corrected chi connectivity index (χ4v) is 5.57. The second kappa shape index (κ2) is 7.88. The molecule has 0 aliphatic carbocycles. The quantitative estimate of drug-likeness (QED) is 0.429. The average molecular weight is 485 g/mol. The third-order valence-corrected chi connectivity index (χ3v) is 7.08. The van der Waals surface area contributed by atoms with Gasteiger partial charge in [0.25, 0.3) is 5.92 Å². The topological polar surface area (TPSA) is 77.8 Å². The van der Waals surface area contributed by atoms with E-state index in [1.54, 1.807) is 36.8 Å². The molecule has 0 saturated carbocycles. The fourth-order valence-electron chi connectivity index (χ4n) is 4.74. The number of rotatable bonds is 4. The maximum atomic E-state index is 14.1. The number of halogens is 3. The lowest BCUT2D eigenvalue weighted by Gasteiger charge is -2.22. The van der Waals surface area contributed by atoms with E-state index < -0.39 is 17.9 Å². The van der Waals surface area contributed by atoms with Gasteiger partial charge in [-0.1, -0.05) is 5.57 Å². The van der Waals surface area contributed by atoms with Crippen molar-refractivity contribution in [2.45, 2.75) is 43.9 Å². The van der Waals surface area contributed by atoms with Crippen LogP contribution in [-0.2, 0) is 0 Å². The summed E-state index contributed by atoms with van der Waals surface area (Å²) in [6.45, 7) is 1.70. The van der Waals surface area contributed by atoms with E-state index in [-0.39, 0.29) is 18.6 Å². The Morgan fingerprint density at radius 3 is 2.82 bits per heavy atom. The number of nitrogens with zero attached hydrogens (tertiary/aromatic N) is 5. The number of alkyl halides is 2. The molecule has 1 saturated heterocycles. The summed E-state index contributed by atoms with van der Waals surface area (Å²) >= 11 is 1.45. The maximum absolute atomic E-state index is 14.1. The number of ether oxygens (including phenoxy) is 1. The molecule has 174 valence electrons. The SMILES string of the molecule is CC1=CC(Oc2ccc(-c3ccc(-n4ccc(F)n4)c4ncsc34)nn2)CC2CC(F)(F)C1N2. The van der Waals surface area contributed by atoms with Crippen LogP contribution in [0.5, 0.6) is 5.88 Å². The summed E-state index contributed by atoms with van der Waals surface area (Å²) in [4.78, 5) is 4.43. The molecule has 6 rings (SSSR count). The number of hydrogen-bond donors (Lipinski definition) is 1. The lowest BCUT2D eigenvalue weighted by Crippen LogP contribution is -2.37. The highest BCUT2D eigenvalue weighted by atomic mass is 32.1. The van der Waals surface area contributed by atoms with Crippen molar-refractivity contribution < 1.29 is 17.9 Å². The lowest BCUT2D eigenvalue weighted by atomic mass is 9.96. The van der Waals surface area contributed by atoms with Crippen LogP contribution in [0.2, 0.25) is 0 Å². The Hall–Kier alpha value is -3.31. The first-order chi connectivity index (χ1) is 16.4. The van der Waals surface area contributed by atoms with Gasteiger partial charge in [0.15, 0.2) is 0 Å². The average Bonchev–Trinajstić information content (AvgIpc) is 3.49. The molecule has 1 aromatic carbocycles. The predicted octanol–water partition coefficient (Wildman–Crippen LogP) is 4.54. The van der Waals surface area contributed by atoms with Gasteiger partial charge in [-0.3, -0.25) is 0 Å². The standard InChI is InChI=1S/C23H19F3N6OS/c1-12-8-14(9-13-10-23(25,26)22(12)28-13)33-19-5-3-16(29-30-19)15-2-4-17(20-21(15)34-11-27-20)32-7-6-18(24)31-32/h2-8,11,13-14,22,28H,9-10H2,1H3. The minimum atomic E-state index is -2.74. The highest BCUT2D eigenvalue weighted by molar-refractivity contribution is 7.17. The van der Waals surface area contributed by atoms with E-state index >= 15 is 0 Å². The number of aromatic nitrogens is 5. The molecule has 4 aromatic rings. The van der Waals surface area contributed by atoms with Gasteiger partial charge >= 0.3 is 0 Å². The van der Waals surface area contributed by atoms with Gasteiger partial charge in [-0.05, 0) is 31.2 Å². The van der Waals surface area contributed by atoms with Crippen LogP contribution in [0.1, 0.15) is 19.8 Å². The van der Waals surface area contributed by atoms with Crippen LogP contribution in [0.25, 0.3) is 27.2 Å². The van der Waals surface area contributed by atoms with E-state index in [0.29, 0.717) is 34.8 Å². The van der Waals surface area contributed by atoms with Gasteiger partial charge in [0.2, 0.25) is 11.8 Å². The van der Waals surface area contributed by atoms with Gasteiger partial charge in [0.05, 0.1) is 27.6 Å². The number of benzene rings is 1. The second-order valence-electron chi connectivity index (χ2n) is 8.57. The molecule has 11 heteroatoms. The Morgan fingerprint density at radius 1 is 1.18 bits per heavy atom. The molecule has 3 atom stereocenters. The molecular formula is C23H19F3N6OS. The molecule has 3 aromatic heterocycles. The first-order valence-corrected chi connectivity index (χ1v) is 11.7. The van der Waals surface area contributed by atoms with Gasteiger partial charge in [-0.15, -0.1) is 26.6 Å². The maximum Gasteiger partial charge on any atom is 0.268 e. The van der Waals surface area contributed by atoms with Crippen molar-refractivity contribution in [3.63, 3.8) is 0 Å². The Morgan fingerprint density at radius 2 is 2.06 bits per heavy atom. The largest absolute Gasteiger partial charge is 0.469 e. The fraction of sp³-hybridized carbons (Fsp3) is 0.304. The summed E-state index contributed by atoms with van der Waals surface area (Å²) in [5.41, 5.74) is 5.11. The van der Waals surface area contributed by atoms with Gasteiger partial charge in [0, 0.05) is 42.8 Å². The van der Waals surface area contributed by atoms with Gasteiger partial charge in [0.1, 0.15) is 11.6 Å². The zero-order valence-electron chi connectivity index (χ0n) is 18.0. The molecular weight excluding hydrogens is 465 g/mol. The molecule has 2 aliphatic heterocycles. The minimum absolute atomic E-state index is 0.195. The predicted molar refractivity (Wildman–Crippen MR) is 121 cm³/mol. The molecule has 1 N–H and O–H groups in total. The Balaban J connectivity index is 1.25. The number of thiazole rings is 1. The highest BCUT2D eigenvalue weighted by Crippen LogP contribution is 2.39. The summed E-state index contributed by atoms with van der Waals surface area (Å²) in [5, 5.41) is 15.4. The molecule has 2 bridgehead atoms. The van der Waals surface area contributed by atoms with E-state index in [0.717, 1.165) is 10.3 Å². The van der Waals surface area contributed by atoms with Crippen molar-refractivity contribution in [1.82, 2.24) is 30.3 Å². The summed E-state index contributed by atoms with van der Waals surface area (Å²) in [5.74, 6) is -2.97. The van der Waals surface area contributed by atoms with Gasteiger partial charge < -0.3 is 10.1 Å². The molecule has 0 radical (unpaired) electrons. The number of nitrogens with one attached hydrogen (secondary N) is 1. The first kappa shape index (κ1) is 21.2. The first-order valence-electron chi connectivity index (χ1n) is 10.8. The summed E-state index contributed by atoms with van der Waals surface area (Å²) in [7, 11) is 0. The van der Waals surface area contributed by atoms with Crippen LogP contribution in [0, 0.1) is 5.95 Å². The Bertz CT molecular complexity index is 1400. The molecule has 1 fully saturated rings. The van der Waals surface area contributed by atoms with Crippen LogP contribution in [0.4, 0.5) is 13.2 Å². The molecule has 3 unspecified atom stereocenters. The molecule has 34 heavy (non-hydrogen) atoms. The summed E-state index contributed by atoms with van der Waals surface area (Å²) < 4.78 is 49.9. The molecule has 2 aliphatic rings. The van der Waals surface area contributed by atoms with Crippen LogP contribution in [-0.4, -0.2) is 49.1 Å². The third-order valence-electron chi connectivity index (χ3n) is 6.22. The zero-order valence-corrected chi connectivity index (χ0v) is 18.8. The van der Waals surface area contributed by atoms with Gasteiger partial charge in [-0.25, -0.2) is 18.4 Å². The molecule has 7 nitrogen and oxygen atoms in total. The minimum Gasteiger partial charge on any atom is -0.469 e. The van der Waals surface area contributed by atoms with Crippen molar-refractivity contribution >= 4 is 21.6 Å². The highest BCUT2D eigenvalue weighted by Gasteiger charge is 2.51. The normalized spacial score (nSPS) is 23.6. The van der Waals surface area contributed by atoms with Crippen LogP contribution >= 0.6 is 11.3 Å². The zero-order chi connectivity index (χ0) is 23.4. The van der Waals surface area contributed by atoms with Crippen molar-refractivity contribution in [1.29, 1.82) is 0 Å². The monoisotopic (exact) mass is 484 g/mol. The van der Waals surface area contributed by atoms with E-state index in [1.807, 2.05) is 12.1 Å². The van der Waals surface area contributed by atoms with Crippen molar-refractivity contribution in [3.8, 4) is 22.8 Å². The van der Waals surface area contributed by atoms with E-state index in [1.165, 1.54) is 22.1 Å². The number of fused-ring (bicyclic) bond motifs is 3. The second-order valence-corrected chi connectivity index (χ2v) is 9.42. The van der Waals surface area contributed by atoms with Gasteiger partial charge in [-0.2, -0.15) is 4.39 Å².